The Hall–Kier alpha value is -3.90. The largest absolute Gasteiger partial charge is 0.573 e. The van der Waals surface area contributed by atoms with Crippen LogP contribution in [-0.2, 0) is 0 Å². The lowest BCUT2D eigenvalue weighted by molar-refractivity contribution is -0.274. The normalized spacial score (nSPS) is 11.1. The average Bonchev–Trinajstić information content (AvgIpc) is 2.82. The van der Waals surface area contributed by atoms with E-state index in [1.165, 1.54) is 30.5 Å². The number of hydrogen-bond acceptors (Lipinski definition) is 8. The van der Waals surface area contributed by atoms with Crippen LogP contribution in [0.25, 0.3) is 11.1 Å². The number of alkyl halides is 3. The Balaban J connectivity index is 1.84. The van der Waals surface area contributed by atoms with E-state index < -0.39 is 12.3 Å². The molecule has 3 aromatic rings. The molecule has 0 atom stereocenters. The fourth-order valence-electron chi connectivity index (χ4n) is 3.26. The van der Waals surface area contributed by atoms with Gasteiger partial charge in [-0.15, -0.1) is 13.2 Å². The first-order valence-electron chi connectivity index (χ1n) is 10.6. The Labute approximate surface area is 199 Å². The number of nitrogens with one attached hydrogen (secondary N) is 3. The highest BCUT2D eigenvalue weighted by Gasteiger charge is 2.31. The third-order valence-electron chi connectivity index (χ3n) is 4.81. The summed E-state index contributed by atoms with van der Waals surface area (Å²) in [6.45, 7) is 1.87. The summed E-state index contributed by atoms with van der Waals surface area (Å²) in [6, 6.07) is 10.4. The second-order valence-electron chi connectivity index (χ2n) is 7.26. The summed E-state index contributed by atoms with van der Waals surface area (Å²) >= 11 is 0. The van der Waals surface area contributed by atoms with Crippen LogP contribution in [0.2, 0.25) is 0 Å². The second kappa shape index (κ2) is 11.5. The first-order chi connectivity index (χ1) is 16.7. The van der Waals surface area contributed by atoms with Gasteiger partial charge >= 0.3 is 6.36 Å². The molecule has 1 aromatic heterocycles. The molecule has 35 heavy (non-hydrogen) atoms. The summed E-state index contributed by atoms with van der Waals surface area (Å²) in [7, 11) is 0. The molecule has 186 valence electrons. The number of aromatic nitrogens is 2. The third-order valence-corrected chi connectivity index (χ3v) is 4.81. The van der Waals surface area contributed by atoms with Gasteiger partial charge in [-0.3, -0.25) is 4.79 Å². The third kappa shape index (κ3) is 7.04. The van der Waals surface area contributed by atoms with Crippen molar-refractivity contribution in [2.24, 2.45) is 0 Å². The Kier molecular flexibility index (Phi) is 8.44. The zero-order chi connectivity index (χ0) is 25.4. The van der Waals surface area contributed by atoms with Crippen molar-refractivity contribution in [3.63, 3.8) is 0 Å². The quantitative estimate of drug-likeness (QED) is 0.292. The van der Waals surface area contributed by atoms with Gasteiger partial charge in [0.25, 0.3) is 5.91 Å². The Morgan fingerprint density at radius 2 is 1.71 bits per heavy atom. The number of anilines is 3. The van der Waals surface area contributed by atoms with Gasteiger partial charge in [0.2, 0.25) is 5.95 Å². The second-order valence-corrected chi connectivity index (χ2v) is 7.26. The van der Waals surface area contributed by atoms with Gasteiger partial charge in [-0.2, -0.15) is 4.98 Å². The molecule has 12 heteroatoms. The minimum Gasteiger partial charge on any atom is -0.406 e. The molecule has 0 unspecified atom stereocenters. The van der Waals surface area contributed by atoms with E-state index in [9.17, 15) is 18.0 Å². The van der Waals surface area contributed by atoms with Gasteiger partial charge in [0.15, 0.2) is 5.82 Å². The first-order valence-corrected chi connectivity index (χ1v) is 10.6. The monoisotopic (exact) mass is 491 g/mol. The predicted molar refractivity (Wildman–Crippen MR) is 124 cm³/mol. The van der Waals surface area contributed by atoms with Gasteiger partial charge in [-0.05, 0) is 41.8 Å². The maximum atomic E-state index is 13.1. The summed E-state index contributed by atoms with van der Waals surface area (Å²) in [6.07, 6.45) is -3.39. The molecule has 3 rings (SSSR count). The summed E-state index contributed by atoms with van der Waals surface area (Å²) in [5, 5.41) is 26.5. The average molecular weight is 491 g/mol. The standard InChI is InChI=1S/C23H24F3N5O4/c1-14-17(15-5-7-16(8-6-15)35-23(24,25)26)3-2-4-18(14)21(34)30-19-13-29-22(28-10-12-33)31-20(19)27-9-11-32/h2-8,13,32-33H,9-12H2,1H3,(H,30,34)(H2,27,28,29,31). The van der Waals surface area contributed by atoms with Gasteiger partial charge in [0.05, 0.1) is 19.4 Å². The van der Waals surface area contributed by atoms with Crippen molar-refractivity contribution in [2.45, 2.75) is 13.3 Å². The van der Waals surface area contributed by atoms with Crippen molar-refractivity contribution in [1.82, 2.24) is 9.97 Å². The highest BCUT2D eigenvalue weighted by molar-refractivity contribution is 6.07. The number of hydrogen-bond donors (Lipinski definition) is 5. The van der Waals surface area contributed by atoms with Gasteiger partial charge in [-0.1, -0.05) is 24.3 Å². The number of rotatable bonds is 10. The van der Waals surface area contributed by atoms with E-state index in [0.717, 1.165) is 0 Å². The topological polar surface area (TPSA) is 129 Å². The zero-order valence-electron chi connectivity index (χ0n) is 18.7. The number of amides is 1. The minimum atomic E-state index is -4.78. The summed E-state index contributed by atoms with van der Waals surface area (Å²) in [5.41, 5.74) is 2.50. The Morgan fingerprint density at radius 1 is 1.03 bits per heavy atom. The van der Waals surface area contributed by atoms with Crippen molar-refractivity contribution < 1.29 is 32.9 Å². The molecule has 0 aliphatic carbocycles. The lowest BCUT2D eigenvalue weighted by Gasteiger charge is -2.15. The van der Waals surface area contributed by atoms with E-state index in [2.05, 4.69) is 30.7 Å². The van der Waals surface area contributed by atoms with E-state index in [1.54, 1.807) is 25.1 Å². The summed E-state index contributed by atoms with van der Waals surface area (Å²) < 4.78 is 41.2. The molecule has 0 fully saturated rings. The van der Waals surface area contributed by atoms with E-state index in [-0.39, 0.29) is 49.5 Å². The van der Waals surface area contributed by atoms with Crippen LogP contribution in [0.3, 0.4) is 0 Å². The zero-order valence-corrected chi connectivity index (χ0v) is 18.7. The number of benzene rings is 2. The van der Waals surface area contributed by atoms with E-state index >= 15 is 0 Å². The van der Waals surface area contributed by atoms with E-state index in [4.69, 9.17) is 10.2 Å². The number of halogens is 3. The molecule has 9 nitrogen and oxygen atoms in total. The van der Waals surface area contributed by atoms with Crippen LogP contribution >= 0.6 is 0 Å². The molecule has 0 aliphatic rings. The van der Waals surface area contributed by atoms with Crippen LogP contribution in [0.5, 0.6) is 5.75 Å². The SMILES string of the molecule is Cc1c(C(=O)Nc2cnc(NCCO)nc2NCCO)cccc1-c1ccc(OC(F)(F)F)cc1. The van der Waals surface area contributed by atoms with Gasteiger partial charge in [0, 0.05) is 18.7 Å². The molecular weight excluding hydrogens is 467 g/mol. The molecule has 0 spiro atoms. The lowest BCUT2D eigenvalue weighted by atomic mass is 9.96. The maximum absolute atomic E-state index is 13.1. The molecule has 0 saturated carbocycles. The van der Waals surface area contributed by atoms with Gasteiger partial charge in [0.1, 0.15) is 11.4 Å². The number of aliphatic hydroxyl groups excluding tert-OH is 2. The van der Waals surface area contributed by atoms with Gasteiger partial charge in [-0.25, -0.2) is 4.98 Å². The molecule has 0 bridgehead atoms. The van der Waals surface area contributed by atoms with Crippen LogP contribution < -0.4 is 20.7 Å². The molecule has 1 heterocycles. The Morgan fingerprint density at radius 3 is 2.37 bits per heavy atom. The summed E-state index contributed by atoms with van der Waals surface area (Å²) in [5.74, 6) is -0.286. The number of carbonyl (C=O) groups excluding carboxylic acids is 1. The molecule has 0 saturated heterocycles. The van der Waals surface area contributed by atoms with Gasteiger partial charge < -0.3 is 30.9 Å². The first kappa shape index (κ1) is 25.7. The molecule has 0 radical (unpaired) electrons. The molecule has 5 N–H and O–H groups in total. The van der Waals surface area contributed by atoms with Crippen molar-refractivity contribution in [2.75, 3.05) is 42.3 Å². The summed E-state index contributed by atoms with van der Waals surface area (Å²) in [4.78, 5) is 21.4. The predicted octanol–water partition coefficient (Wildman–Crippen LogP) is 3.41. The lowest BCUT2D eigenvalue weighted by Crippen LogP contribution is -2.18. The van der Waals surface area contributed by atoms with Crippen molar-refractivity contribution in [3.8, 4) is 16.9 Å². The number of carbonyl (C=O) groups is 1. The van der Waals surface area contributed by atoms with E-state index in [0.29, 0.717) is 22.3 Å². The molecule has 1 amide bonds. The van der Waals surface area contributed by atoms with Crippen LogP contribution in [0, 0.1) is 6.92 Å². The number of ether oxygens (including phenoxy) is 1. The van der Waals surface area contributed by atoms with Crippen molar-refractivity contribution >= 4 is 23.4 Å². The highest BCUT2D eigenvalue weighted by Crippen LogP contribution is 2.30. The van der Waals surface area contributed by atoms with E-state index in [1.807, 2.05) is 0 Å². The van der Waals surface area contributed by atoms with Crippen LogP contribution in [0.1, 0.15) is 15.9 Å². The maximum Gasteiger partial charge on any atom is 0.573 e. The Bertz CT molecular complexity index is 1160. The number of aliphatic hydroxyl groups is 2. The smallest absolute Gasteiger partial charge is 0.406 e. The molecule has 2 aromatic carbocycles. The molecule has 0 aliphatic heterocycles. The number of nitrogens with zero attached hydrogens (tertiary/aromatic N) is 2. The molecular formula is C23H24F3N5O4. The highest BCUT2D eigenvalue weighted by atomic mass is 19.4. The minimum absolute atomic E-state index is 0.116. The fourth-order valence-corrected chi connectivity index (χ4v) is 3.26. The fraction of sp³-hybridized carbons (Fsp3) is 0.261. The van der Waals surface area contributed by atoms with Crippen LogP contribution in [0.4, 0.5) is 30.6 Å². The van der Waals surface area contributed by atoms with Crippen LogP contribution in [-0.4, -0.2) is 58.8 Å². The van der Waals surface area contributed by atoms with Crippen molar-refractivity contribution in [3.05, 3.63) is 59.8 Å². The van der Waals surface area contributed by atoms with Crippen LogP contribution in [0.15, 0.2) is 48.7 Å². The van der Waals surface area contributed by atoms with Crippen molar-refractivity contribution in [1.29, 1.82) is 0 Å².